The third-order valence-corrected chi connectivity index (χ3v) is 19.8. The van der Waals surface area contributed by atoms with Gasteiger partial charge in [-0.15, -0.1) is 92.1 Å². The van der Waals surface area contributed by atoms with Gasteiger partial charge in [0.25, 0.3) is 0 Å². The second kappa shape index (κ2) is 53.3. The Morgan fingerprint density at radius 2 is 0.277 bits per heavy atom. The molecule has 21 heterocycles. The van der Waals surface area contributed by atoms with Crippen LogP contribution in [0.3, 0.4) is 0 Å². The highest BCUT2D eigenvalue weighted by atomic mass is 16.8. The standard InChI is InChI=1S/C84H126O35/c1-15-29-92-43-50-64-57(85)71(99-36-22-8)78(106-50)114-65-51(44-93-30-16-2)108-80(73(58(65)86)101-38-24-10)116-67-53(46-95-32-18-4)110-82(75(60(67)88)103-40-26-12)118-69-55(48-97-34-20-6)112-84(77(62(69)90)105-42-28-14)119-70-56(49-98-35-21-7)111-83(76(63(70)91)104-41-27-13)117-68-54(47-96-33-19-5)109-81(74(61(68)89)102-39-25-11)115-66-52(45-94-31-17-3)107-79(113-64)72(59(66)87)100-37-23-9/h15-28,50-91H,1-14,29-49H2. The Balaban J connectivity index is 1.33. The fraction of sp³-hybridized carbons (Fsp3) is 0.667. The SMILES string of the molecule is C=CCOCC1OC2OC3C(COCC=C)OC(OC4C(COCC=C)OC(OC5C(COCC=C)OC(OC6C(COCC=C)OC(OC7C(COCC=C)OC(OC8C(COCC=C)OC(OC1C(O)C2OCC=C)C(OCC=C)C8O)C(OCC=C)C7O)C(OCC=C)C6O)C(OCC=C)C5O)C(OCC=C)C4O)C(OCC=C)C3O. The average molecular weight is 1700 g/mol. The van der Waals surface area contributed by atoms with E-state index in [1.807, 2.05) is 0 Å². The lowest BCUT2D eigenvalue weighted by Crippen LogP contribution is -2.69. The molecule has 21 saturated heterocycles. The van der Waals surface area contributed by atoms with Gasteiger partial charge in [-0.05, 0) is 0 Å². The fourth-order valence-corrected chi connectivity index (χ4v) is 14.6. The third-order valence-electron chi connectivity index (χ3n) is 19.8. The maximum Gasteiger partial charge on any atom is 0.187 e. The third kappa shape index (κ3) is 27.2. The highest BCUT2D eigenvalue weighted by Gasteiger charge is 2.62. The zero-order valence-electron chi connectivity index (χ0n) is 67.6. The minimum absolute atomic E-state index is 0.0418. The maximum atomic E-state index is 13.1. The lowest BCUT2D eigenvalue weighted by molar-refractivity contribution is -0.402. The van der Waals surface area contributed by atoms with Gasteiger partial charge in [0.1, 0.15) is 171 Å². The molecule has 35 nitrogen and oxygen atoms in total. The topological polar surface area (TPSA) is 400 Å². The molecule has 0 aliphatic carbocycles. The molecule has 0 spiro atoms. The van der Waals surface area contributed by atoms with Gasteiger partial charge in [-0.2, -0.15) is 0 Å². The molecule has 0 radical (unpaired) electrons. The average Bonchev–Trinajstić information content (AvgIpc) is 0.771. The van der Waals surface area contributed by atoms with Crippen LogP contribution < -0.4 is 0 Å². The summed E-state index contributed by atoms with van der Waals surface area (Å²) < 4.78 is 183. The number of aliphatic hydroxyl groups is 7. The van der Waals surface area contributed by atoms with Crippen LogP contribution in [0.25, 0.3) is 0 Å². The van der Waals surface area contributed by atoms with E-state index in [0.29, 0.717) is 0 Å². The summed E-state index contributed by atoms with van der Waals surface area (Å²) in [5.74, 6) is 0. The van der Waals surface area contributed by atoms with Crippen molar-refractivity contribution in [2.75, 3.05) is 139 Å². The quantitative estimate of drug-likeness (QED) is 0.0337. The molecule has 0 saturated carbocycles. The number of ether oxygens (including phenoxy) is 28. The van der Waals surface area contributed by atoms with Crippen molar-refractivity contribution < 1.29 is 168 Å². The second-order valence-corrected chi connectivity index (χ2v) is 28.3. The van der Waals surface area contributed by atoms with E-state index in [9.17, 15) is 35.7 Å². The first-order valence-corrected chi connectivity index (χ1v) is 39.7. The molecule has 119 heavy (non-hydrogen) atoms. The van der Waals surface area contributed by atoms with Crippen LogP contribution in [0.4, 0.5) is 0 Å². The smallest absolute Gasteiger partial charge is 0.187 e. The van der Waals surface area contributed by atoms with Gasteiger partial charge in [0, 0.05) is 0 Å². The van der Waals surface area contributed by atoms with Gasteiger partial charge in [0.05, 0.1) is 139 Å². The Morgan fingerprint density at radius 3 is 0.378 bits per heavy atom. The van der Waals surface area contributed by atoms with Gasteiger partial charge in [-0.1, -0.05) is 85.1 Å². The monoisotopic (exact) mass is 1690 g/mol. The molecular weight excluding hydrogens is 1570 g/mol. The van der Waals surface area contributed by atoms with E-state index in [-0.39, 0.29) is 139 Å². The summed E-state index contributed by atoms with van der Waals surface area (Å²) in [6.45, 7) is 49.2. The molecular formula is C84H126O35. The van der Waals surface area contributed by atoms with Crippen molar-refractivity contribution in [3.63, 3.8) is 0 Å². The zero-order valence-corrected chi connectivity index (χ0v) is 67.6. The summed E-state index contributed by atoms with van der Waals surface area (Å²) in [6.07, 6.45) is -35.5. The van der Waals surface area contributed by atoms with Crippen molar-refractivity contribution in [2.24, 2.45) is 0 Å². The molecule has 0 aromatic carbocycles. The number of aliphatic hydroxyl groups excluding tert-OH is 7. The molecule has 7 N–H and O–H groups in total. The Labute approximate surface area is 696 Å². The summed E-state index contributed by atoms with van der Waals surface area (Å²) in [5.41, 5.74) is 0. The van der Waals surface area contributed by atoms with E-state index in [1.54, 1.807) is 0 Å². The van der Waals surface area contributed by atoms with E-state index in [2.05, 4.69) is 92.1 Å². The molecule has 35 heteroatoms. The van der Waals surface area contributed by atoms with Crippen molar-refractivity contribution in [2.45, 2.75) is 215 Å². The Hall–Kier alpha value is -5.04. The van der Waals surface area contributed by atoms with Crippen molar-refractivity contribution >= 4 is 0 Å². The molecule has 35 atom stereocenters. The molecule has 21 aliphatic heterocycles. The number of hydrogen-bond acceptors (Lipinski definition) is 35. The lowest BCUT2D eigenvalue weighted by atomic mass is 9.94. The highest BCUT2D eigenvalue weighted by molar-refractivity contribution is 5.05. The molecule has 0 amide bonds. The van der Waals surface area contributed by atoms with Gasteiger partial charge < -0.3 is 168 Å². The molecule has 21 fully saturated rings. The van der Waals surface area contributed by atoms with Gasteiger partial charge in [-0.3, -0.25) is 0 Å². The Bertz CT molecular complexity index is 2500. The van der Waals surface area contributed by atoms with Crippen LogP contribution in [0.15, 0.2) is 177 Å². The molecule has 14 bridgehead atoms. The highest BCUT2D eigenvalue weighted by Crippen LogP contribution is 2.42. The first-order chi connectivity index (χ1) is 57.9. The van der Waals surface area contributed by atoms with Crippen LogP contribution >= 0.6 is 0 Å². The van der Waals surface area contributed by atoms with Crippen LogP contribution in [-0.4, -0.2) is 389 Å². The Morgan fingerprint density at radius 1 is 0.168 bits per heavy atom. The van der Waals surface area contributed by atoms with E-state index >= 15 is 0 Å². The van der Waals surface area contributed by atoms with Gasteiger partial charge in [-0.25, -0.2) is 0 Å². The number of rotatable bonds is 49. The summed E-state index contributed by atoms with van der Waals surface area (Å²) in [7, 11) is 0. The van der Waals surface area contributed by atoms with Gasteiger partial charge in [0.2, 0.25) is 0 Å². The predicted molar refractivity (Wildman–Crippen MR) is 423 cm³/mol. The normalized spacial score (nSPS) is 39.5. The summed E-state index contributed by atoms with van der Waals surface area (Å²) in [4.78, 5) is 0. The number of hydrogen-bond donors (Lipinski definition) is 7. The van der Waals surface area contributed by atoms with E-state index in [4.69, 9.17) is 133 Å². The van der Waals surface area contributed by atoms with Crippen LogP contribution in [0.1, 0.15) is 0 Å². The van der Waals surface area contributed by atoms with E-state index < -0.39 is 215 Å². The molecule has 21 aliphatic rings. The van der Waals surface area contributed by atoms with E-state index in [0.717, 1.165) is 0 Å². The summed E-state index contributed by atoms with van der Waals surface area (Å²) in [6, 6.07) is 0. The van der Waals surface area contributed by atoms with Crippen molar-refractivity contribution in [1.82, 2.24) is 0 Å². The molecule has 0 aromatic rings. The Kier molecular flexibility index (Phi) is 44.5. The molecule has 21 rings (SSSR count). The van der Waals surface area contributed by atoms with Crippen LogP contribution in [-0.2, 0) is 133 Å². The molecule has 0 aromatic heterocycles. The fourth-order valence-electron chi connectivity index (χ4n) is 14.6. The lowest BCUT2D eigenvalue weighted by Gasteiger charge is -2.51. The van der Waals surface area contributed by atoms with Crippen LogP contribution in [0.5, 0.6) is 0 Å². The summed E-state index contributed by atoms with van der Waals surface area (Å²) in [5, 5.41) is 91.5. The van der Waals surface area contributed by atoms with Crippen molar-refractivity contribution in [3.05, 3.63) is 177 Å². The van der Waals surface area contributed by atoms with Crippen LogP contribution in [0, 0.1) is 0 Å². The zero-order chi connectivity index (χ0) is 85.8. The first-order valence-electron chi connectivity index (χ1n) is 39.7. The largest absolute Gasteiger partial charge is 0.387 e. The second-order valence-electron chi connectivity index (χ2n) is 28.3. The minimum atomic E-state index is -1.80. The minimum Gasteiger partial charge on any atom is -0.387 e. The molecule has 672 valence electrons. The van der Waals surface area contributed by atoms with Gasteiger partial charge >= 0.3 is 0 Å². The summed E-state index contributed by atoms with van der Waals surface area (Å²) >= 11 is 0. The van der Waals surface area contributed by atoms with Crippen molar-refractivity contribution in [3.8, 4) is 0 Å². The van der Waals surface area contributed by atoms with E-state index in [1.165, 1.54) is 85.1 Å². The van der Waals surface area contributed by atoms with Crippen LogP contribution in [0.2, 0.25) is 0 Å². The van der Waals surface area contributed by atoms with Gasteiger partial charge in [0.15, 0.2) is 44.0 Å². The van der Waals surface area contributed by atoms with Crippen molar-refractivity contribution in [1.29, 1.82) is 0 Å². The molecule has 35 unspecified atom stereocenters. The first kappa shape index (κ1) is 99.4. The maximum absolute atomic E-state index is 13.1. The predicted octanol–water partition coefficient (Wildman–Crippen LogP) is 1.71.